The van der Waals surface area contributed by atoms with Crippen molar-refractivity contribution in [3.63, 3.8) is 0 Å². The van der Waals surface area contributed by atoms with Gasteiger partial charge in [0, 0.05) is 32.5 Å². The molecule has 1 N–H and O–H groups in total. The molecular formula is C18H23N3O3. The Morgan fingerprint density at radius 3 is 2.46 bits per heavy atom. The van der Waals surface area contributed by atoms with Gasteiger partial charge < -0.3 is 15.1 Å². The normalized spacial score (nSPS) is 20.6. The molecule has 1 unspecified atom stereocenters. The quantitative estimate of drug-likeness (QED) is 0.887. The molecule has 1 saturated carbocycles. The van der Waals surface area contributed by atoms with Crippen molar-refractivity contribution in [2.45, 2.75) is 32.4 Å². The Hall–Kier alpha value is -2.37. The number of piperazine rings is 1. The highest BCUT2D eigenvalue weighted by molar-refractivity contribution is 5.89. The number of benzene rings is 1. The molecule has 1 aromatic carbocycles. The van der Waals surface area contributed by atoms with Gasteiger partial charge in [-0.3, -0.25) is 14.4 Å². The number of nitrogens with zero attached hydrogens (tertiary/aromatic N) is 2. The monoisotopic (exact) mass is 329 g/mol. The maximum atomic E-state index is 12.6. The van der Waals surface area contributed by atoms with Gasteiger partial charge >= 0.3 is 0 Å². The van der Waals surface area contributed by atoms with Crippen LogP contribution in [0.2, 0.25) is 0 Å². The molecule has 1 aliphatic heterocycles. The summed E-state index contributed by atoms with van der Waals surface area (Å²) in [6, 6.07) is 9.02. The van der Waals surface area contributed by atoms with E-state index in [-0.39, 0.29) is 30.2 Å². The highest BCUT2D eigenvalue weighted by Crippen LogP contribution is 2.31. The Kier molecular flexibility index (Phi) is 4.83. The van der Waals surface area contributed by atoms with Crippen LogP contribution in [-0.4, -0.2) is 53.2 Å². The van der Waals surface area contributed by atoms with Crippen LogP contribution in [0.3, 0.4) is 0 Å². The molecule has 0 bridgehead atoms. The smallest absolute Gasteiger partial charge is 0.244 e. The number of amides is 3. The maximum absolute atomic E-state index is 12.6. The Labute approximate surface area is 141 Å². The zero-order chi connectivity index (χ0) is 17.1. The van der Waals surface area contributed by atoms with Crippen LogP contribution in [0.4, 0.5) is 0 Å². The summed E-state index contributed by atoms with van der Waals surface area (Å²) in [5.74, 6) is -0.0864. The fraction of sp³-hybridized carbons (Fsp3) is 0.500. The van der Waals surface area contributed by atoms with E-state index in [9.17, 15) is 14.4 Å². The molecule has 1 heterocycles. The Morgan fingerprint density at radius 2 is 1.83 bits per heavy atom. The third kappa shape index (κ3) is 3.75. The molecule has 1 saturated heterocycles. The third-order valence-corrected chi connectivity index (χ3v) is 4.64. The highest BCUT2D eigenvalue weighted by atomic mass is 16.2. The van der Waals surface area contributed by atoms with Crippen molar-refractivity contribution in [1.29, 1.82) is 0 Å². The Morgan fingerprint density at radius 1 is 1.12 bits per heavy atom. The fourth-order valence-electron chi connectivity index (χ4n) is 3.08. The molecule has 2 fully saturated rings. The second-order valence-electron chi connectivity index (χ2n) is 6.49. The van der Waals surface area contributed by atoms with E-state index in [1.807, 2.05) is 30.3 Å². The minimum absolute atomic E-state index is 0.124. The van der Waals surface area contributed by atoms with E-state index in [2.05, 4.69) is 5.32 Å². The van der Waals surface area contributed by atoms with Crippen molar-refractivity contribution in [3.05, 3.63) is 35.9 Å². The fourth-order valence-corrected chi connectivity index (χ4v) is 3.08. The van der Waals surface area contributed by atoms with Crippen LogP contribution in [0.25, 0.3) is 0 Å². The predicted molar refractivity (Wildman–Crippen MR) is 88.8 cm³/mol. The summed E-state index contributed by atoms with van der Waals surface area (Å²) in [5.41, 5.74) is 1.00. The van der Waals surface area contributed by atoms with E-state index in [1.165, 1.54) is 6.92 Å². The minimum atomic E-state index is -0.609. The van der Waals surface area contributed by atoms with Gasteiger partial charge in [0.05, 0.1) is 6.54 Å². The number of carbonyl (C=O) groups excluding carboxylic acids is 3. The van der Waals surface area contributed by atoms with Gasteiger partial charge in [-0.2, -0.15) is 0 Å². The maximum Gasteiger partial charge on any atom is 0.244 e. The van der Waals surface area contributed by atoms with Gasteiger partial charge in [-0.1, -0.05) is 30.3 Å². The van der Waals surface area contributed by atoms with Gasteiger partial charge in [0.15, 0.2) is 0 Å². The van der Waals surface area contributed by atoms with E-state index in [1.54, 1.807) is 9.80 Å². The number of carbonyl (C=O) groups is 3. The molecular weight excluding hydrogens is 306 g/mol. The number of nitrogens with one attached hydrogen (secondary N) is 1. The molecule has 6 heteroatoms. The number of rotatable bonds is 4. The molecule has 2 aliphatic rings. The van der Waals surface area contributed by atoms with E-state index >= 15 is 0 Å². The summed E-state index contributed by atoms with van der Waals surface area (Å²) < 4.78 is 0. The average Bonchev–Trinajstić information content (AvgIpc) is 3.44. The lowest BCUT2D eigenvalue weighted by Gasteiger charge is -2.40. The lowest BCUT2D eigenvalue weighted by atomic mass is 10.1. The van der Waals surface area contributed by atoms with Crippen molar-refractivity contribution in [1.82, 2.24) is 15.1 Å². The zero-order valence-corrected chi connectivity index (χ0v) is 13.9. The molecule has 3 rings (SSSR count). The van der Waals surface area contributed by atoms with E-state index < -0.39 is 6.04 Å². The van der Waals surface area contributed by atoms with Crippen LogP contribution in [0, 0.1) is 5.92 Å². The average molecular weight is 329 g/mol. The SMILES string of the molecule is CC(=O)N1CCN(C(=O)C2CC2)CC1C(=O)NCc1ccccc1. The van der Waals surface area contributed by atoms with E-state index in [4.69, 9.17) is 0 Å². The summed E-state index contributed by atoms with van der Waals surface area (Å²) in [6.07, 6.45) is 1.88. The van der Waals surface area contributed by atoms with Crippen molar-refractivity contribution in [2.75, 3.05) is 19.6 Å². The van der Waals surface area contributed by atoms with Crippen molar-refractivity contribution >= 4 is 17.7 Å². The van der Waals surface area contributed by atoms with Crippen molar-refractivity contribution in [2.24, 2.45) is 5.92 Å². The van der Waals surface area contributed by atoms with Crippen LogP contribution in [0.5, 0.6) is 0 Å². The summed E-state index contributed by atoms with van der Waals surface area (Å²) in [5, 5.41) is 2.89. The summed E-state index contributed by atoms with van der Waals surface area (Å²) >= 11 is 0. The Bertz CT molecular complexity index is 628. The summed E-state index contributed by atoms with van der Waals surface area (Å²) in [7, 11) is 0. The van der Waals surface area contributed by atoms with Crippen LogP contribution < -0.4 is 5.32 Å². The van der Waals surface area contributed by atoms with Crippen molar-refractivity contribution < 1.29 is 14.4 Å². The molecule has 1 aromatic rings. The first-order valence-corrected chi connectivity index (χ1v) is 8.44. The van der Waals surface area contributed by atoms with Gasteiger partial charge in [0.1, 0.15) is 6.04 Å². The first-order valence-electron chi connectivity index (χ1n) is 8.44. The minimum Gasteiger partial charge on any atom is -0.350 e. The van der Waals surface area contributed by atoms with Gasteiger partial charge in [-0.05, 0) is 18.4 Å². The van der Waals surface area contributed by atoms with Gasteiger partial charge in [0.25, 0.3) is 0 Å². The molecule has 3 amide bonds. The van der Waals surface area contributed by atoms with E-state index in [0.29, 0.717) is 19.6 Å². The van der Waals surface area contributed by atoms with E-state index in [0.717, 1.165) is 18.4 Å². The van der Waals surface area contributed by atoms with Crippen molar-refractivity contribution in [3.8, 4) is 0 Å². The lowest BCUT2D eigenvalue weighted by Crippen LogP contribution is -2.61. The van der Waals surface area contributed by atoms with Gasteiger partial charge in [-0.15, -0.1) is 0 Å². The second kappa shape index (κ2) is 7.03. The molecule has 0 aromatic heterocycles. The van der Waals surface area contributed by atoms with Gasteiger partial charge in [0.2, 0.25) is 17.7 Å². The summed E-state index contributed by atoms with van der Waals surface area (Å²) in [6.45, 7) is 3.10. The van der Waals surface area contributed by atoms with Crippen LogP contribution in [0.15, 0.2) is 30.3 Å². The Balaban J connectivity index is 1.64. The molecule has 24 heavy (non-hydrogen) atoms. The second-order valence-corrected chi connectivity index (χ2v) is 6.49. The van der Waals surface area contributed by atoms with Gasteiger partial charge in [-0.25, -0.2) is 0 Å². The first kappa shape index (κ1) is 16.5. The predicted octanol–water partition coefficient (Wildman–Crippen LogP) is 0.772. The third-order valence-electron chi connectivity index (χ3n) is 4.64. The lowest BCUT2D eigenvalue weighted by molar-refractivity contribution is -0.147. The summed E-state index contributed by atoms with van der Waals surface area (Å²) in [4.78, 5) is 40.0. The zero-order valence-electron chi connectivity index (χ0n) is 13.9. The molecule has 6 nitrogen and oxygen atoms in total. The molecule has 0 radical (unpaired) electrons. The topological polar surface area (TPSA) is 69.7 Å². The molecule has 1 atom stereocenters. The van der Waals surface area contributed by atoms with Crippen LogP contribution in [-0.2, 0) is 20.9 Å². The molecule has 128 valence electrons. The van der Waals surface area contributed by atoms with Crippen LogP contribution >= 0.6 is 0 Å². The molecule has 0 spiro atoms. The first-order chi connectivity index (χ1) is 11.6. The largest absolute Gasteiger partial charge is 0.350 e. The number of hydrogen-bond acceptors (Lipinski definition) is 3. The standard InChI is InChI=1S/C18H23N3O3/c1-13(22)21-10-9-20(18(24)15-7-8-15)12-16(21)17(23)19-11-14-5-3-2-4-6-14/h2-6,15-16H,7-12H2,1H3,(H,19,23). The molecule has 1 aliphatic carbocycles. The number of hydrogen-bond donors (Lipinski definition) is 1. The highest BCUT2D eigenvalue weighted by Gasteiger charge is 2.40. The van der Waals surface area contributed by atoms with Crippen LogP contribution in [0.1, 0.15) is 25.3 Å².